The Morgan fingerprint density at radius 3 is 2.56 bits per heavy atom. The molecule has 0 aliphatic carbocycles. The van der Waals surface area contributed by atoms with Crippen molar-refractivity contribution >= 4 is 29.2 Å². The fourth-order valence-corrected chi connectivity index (χ4v) is 2.60. The first kappa shape index (κ1) is 11.6. The van der Waals surface area contributed by atoms with E-state index in [2.05, 4.69) is 0 Å². The number of cyclic esters (lactones) is 1. The SMILES string of the molecule is O=C1OC(c2ccc(Cl)cc2Cl)c2ccccc21. The molecule has 4 heteroatoms. The first-order valence-corrected chi connectivity index (χ1v) is 6.17. The summed E-state index contributed by atoms with van der Waals surface area (Å²) < 4.78 is 5.37. The van der Waals surface area contributed by atoms with Gasteiger partial charge in [-0.15, -0.1) is 0 Å². The Labute approximate surface area is 114 Å². The third-order valence-corrected chi connectivity index (χ3v) is 3.50. The predicted octanol–water partition coefficient (Wildman–Crippen LogP) is 4.25. The van der Waals surface area contributed by atoms with Crippen LogP contribution in [0.3, 0.4) is 0 Å². The number of esters is 1. The summed E-state index contributed by atoms with van der Waals surface area (Å²) in [5.41, 5.74) is 2.18. The fourth-order valence-electron chi connectivity index (χ4n) is 2.09. The molecule has 1 heterocycles. The van der Waals surface area contributed by atoms with Crippen molar-refractivity contribution in [3.63, 3.8) is 0 Å². The fraction of sp³-hybridized carbons (Fsp3) is 0.0714. The van der Waals surface area contributed by atoms with E-state index in [0.29, 0.717) is 15.6 Å². The minimum atomic E-state index is -0.446. The van der Waals surface area contributed by atoms with Crippen LogP contribution in [0.1, 0.15) is 27.6 Å². The van der Waals surface area contributed by atoms with E-state index >= 15 is 0 Å². The molecule has 0 fully saturated rings. The van der Waals surface area contributed by atoms with E-state index in [0.717, 1.165) is 11.1 Å². The molecule has 0 radical (unpaired) electrons. The van der Waals surface area contributed by atoms with Crippen molar-refractivity contribution in [2.24, 2.45) is 0 Å². The molecular weight excluding hydrogens is 271 g/mol. The summed E-state index contributed by atoms with van der Waals surface area (Å²) in [4.78, 5) is 11.7. The molecule has 0 bridgehead atoms. The van der Waals surface area contributed by atoms with Crippen LogP contribution in [0.25, 0.3) is 0 Å². The molecule has 1 aliphatic rings. The standard InChI is InChI=1S/C14H8Cl2O2/c15-8-5-6-11(12(16)7-8)13-9-3-1-2-4-10(9)14(17)18-13/h1-7,13H. The van der Waals surface area contributed by atoms with Crippen molar-refractivity contribution in [1.29, 1.82) is 0 Å². The van der Waals surface area contributed by atoms with Crippen molar-refractivity contribution in [3.05, 3.63) is 69.2 Å². The highest BCUT2D eigenvalue weighted by molar-refractivity contribution is 6.35. The van der Waals surface area contributed by atoms with Gasteiger partial charge in [0.1, 0.15) is 0 Å². The van der Waals surface area contributed by atoms with Gasteiger partial charge in [-0.25, -0.2) is 4.79 Å². The molecule has 1 aliphatic heterocycles. The Hall–Kier alpha value is -1.51. The highest BCUT2D eigenvalue weighted by atomic mass is 35.5. The lowest BCUT2D eigenvalue weighted by Crippen LogP contribution is -2.01. The summed E-state index contributed by atoms with van der Waals surface area (Å²) in [5, 5.41) is 1.05. The Balaban J connectivity index is 2.12. The zero-order valence-corrected chi connectivity index (χ0v) is 10.7. The number of carbonyl (C=O) groups is 1. The van der Waals surface area contributed by atoms with Crippen LogP contribution >= 0.6 is 23.2 Å². The monoisotopic (exact) mass is 278 g/mol. The number of halogens is 2. The van der Waals surface area contributed by atoms with Crippen LogP contribution in [-0.4, -0.2) is 5.97 Å². The molecule has 3 rings (SSSR count). The maximum absolute atomic E-state index is 11.7. The first-order chi connectivity index (χ1) is 8.66. The number of hydrogen-bond acceptors (Lipinski definition) is 2. The molecule has 0 saturated carbocycles. The van der Waals surface area contributed by atoms with Gasteiger partial charge in [-0.2, -0.15) is 0 Å². The van der Waals surface area contributed by atoms with Gasteiger partial charge in [0, 0.05) is 21.2 Å². The largest absolute Gasteiger partial charge is 0.449 e. The molecule has 0 N–H and O–H groups in total. The van der Waals surface area contributed by atoms with Gasteiger partial charge in [-0.1, -0.05) is 47.5 Å². The molecule has 2 aromatic carbocycles. The van der Waals surface area contributed by atoms with E-state index in [4.69, 9.17) is 27.9 Å². The van der Waals surface area contributed by atoms with Crippen molar-refractivity contribution in [2.45, 2.75) is 6.10 Å². The summed E-state index contributed by atoms with van der Waals surface area (Å²) in [7, 11) is 0. The van der Waals surface area contributed by atoms with Gasteiger partial charge in [0.15, 0.2) is 6.10 Å². The Morgan fingerprint density at radius 2 is 1.78 bits per heavy atom. The van der Waals surface area contributed by atoms with E-state index in [1.165, 1.54) is 0 Å². The average molecular weight is 279 g/mol. The Bertz CT molecular complexity index is 637. The second-order valence-corrected chi connectivity index (χ2v) is 4.88. The number of fused-ring (bicyclic) bond motifs is 1. The zero-order chi connectivity index (χ0) is 12.7. The summed E-state index contributed by atoms with van der Waals surface area (Å²) in [6, 6.07) is 12.5. The number of rotatable bonds is 1. The van der Waals surface area contributed by atoms with Gasteiger partial charge >= 0.3 is 5.97 Å². The summed E-state index contributed by atoms with van der Waals surface area (Å²) in [6.45, 7) is 0. The van der Waals surface area contributed by atoms with Crippen molar-refractivity contribution in [2.75, 3.05) is 0 Å². The number of benzene rings is 2. The van der Waals surface area contributed by atoms with Gasteiger partial charge in [-0.05, 0) is 18.2 Å². The normalized spacial score (nSPS) is 17.4. The molecule has 1 atom stereocenters. The Morgan fingerprint density at radius 1 is 1.00 bits per heavy atom. The molecular formula is C14H8Cl2O2. The van der Waals surface area contributed by atoms with Crippen LogP contribution in [-0.2, 0) is 4.74 Å². The van der Waals surface area contributed by atoms with Crippen LogP contribution in [0.5, 0.6) is 0 Å². The van der Waals surface area contributed by atoms with Crippen molar-refractivity contribution < 1.29 is 9.53 Å². The highest BCUT2D eigenvalue weighted by Crippen LogP contribution is 2.39. The maximum atomic E-state index is 11.7. The van der Waals surface area contributed by atoms with E-state index in [1.807, 2.05) is 18.2 Å². The smallest absolute Gasteiger partial charge is 0.339 e. The molecule has 0 amide bonds. The quantitative estimate of drug-likeness (QED) is 0.729. The topological polar surface area (TPSA) is 26.3 Å². The number of hydrogen-bond donors (Lipinski definition) is 0. The van der Waals surface area contributed by atoms with Gasteiger partial charge in [0.05, 0.1) is 5.56 Å². The first-order valence-electron chi connectivity index (χ1n) is 5.41. The van der Waals surface area contributed by atoms with Crippen LogP contribution < -0.4 is 0 Å². The van der Waals surface area contributed by atoms with Gasteiger partial charge < -0.3 is 4.74 Å². The third kappa shape index (κ3) is 1.78. The predicted molar refractivity (Wildman–Crippen MR) is 70.2 cm³/mol. The molecule has 2 nitrogen and oxygen atoms in total. The number of ether oxygens (including phenoxy) is 1. The van der Waals surface area contributed by atoms with E-state index in [-0.39, 0.29) is 5.97 Å². The lowest BCUT2D eigenvalue weighted by molar-refractivity contribution is 0.0456. The van der Waals surface area contributed by atoms with Crippen molar-refractivity contribution in [1.82, 2.24) is 0 Å². The third-order valence-electron chi connectivity index (χ3n) is 2.93. The second kappa shape index (κ2) is 4.30. The van der Waals surface area contributed by atoms with Crippen LogP contribution in [0.4, 0.5) is 0 Å². The summed E-state index contributed by atoms with van der Waals surface area (Å²) in [6.07, 6.45) is -0.446. The average Bonchev–Trinajstić information content (AvgIpc) is 2.68. The van der Waals surface area contributed by atoms with Gasteiger partial charge in [-0.3, -0.25) is 0 Å². The Kier molecular flexibility index (Phi) is 2.77. The van der Waals surface area contributed by atoms with Crippen LogP contribution in [0.15, 0.2) is 42.5 Å². The lowest BCUT2D eigenvalue weighted by Gasteiger charge is -2.12. The van der Waals surface area contributed by atoms with E-state index in [9.17, 15) is 4.79 Å². The molecule has 0 aromatic heterocycles. The van der Waals surface area contributed by atoms with E-state index < -0.39 is 6.10 Å². The number of carbonyl (C=O) groups excluding carboxylic acids is 1. The summed E-state index contributed by atoms with van der Waals surface area (Å²) in [5.74, 6) is -0.318. The summed E-state index contributed by atoms with van der Waals surface area (Å²) >= 11 is 12.0. The maximum Gasteiger partial charge on any atom is 0.339 e. The van der Waals surface area contributed by atoms with Crippen LogP contribution in [0.2, 0.25) is 10.0 Å². The minimum absolute atomic E-state index is 0.318. The van der Waals surface area contributed by atoms with Crippen LogP contribution in [0, 0.1) is 0 Å². The lowest BCUT2D eigenvalue weighted by atomic mass is 9.99. The minimum Gasteiger partial charge on any atom is -0.449 e. The molecule has 18 heavy (non-hydrogen) atoms. The molecule has 0 spiro atoms. The second-order valence-electron chi connectivity index (χ2n) is 4.04. The molecule has 1 unspecified atom stereocenters. The van der Waals surface area contributed by atoms with Gasteiger partial charge in [0.25, 0.3) is 0 Å². The molecule has 2 aromatic rings. The molecule has 0 saturated heterocycles. The van der Waals surface area contributed by atoms with Crippen molar-refractivity contribution in [3.8, 4) is 0 Å². The van der Waals surface area contributed by atoms with E-state index in [1.54, 1.807) is 24.3 Å². The van der Waals surface area contributed by atoms with Gasteiger partial charge in [0.2, 0.25) is 0 Å². The molecule has 90 valence electrons. The zero-order valence-electron chi connectivity index (χ0n) is 9.19. The highest BCUT2D eigenvalue weighted by Gasteiger charge is 2.32.